The molecule has 4 rings (SSSR count). The minimum Gasteiger partial charge on any atom is -0.486 e. The first-order chi connectivity index (χ1) is 14.0. The highest BCUT2D eigenvalue weighted by Gasteiger charge is 2.30. The number of rotatable bonds is 4. The number of carbonyl (C=O) groups excluding carboxylic acids is 2. The number of para-hydroxylation sites is 2. The Morgan fingerprint density at radius 1 is 1.10 bits per heavy atom. The van der Waals surface area contributed by atoms with Gasteiger partial charge in [-0.15, -0.1) is 0 Å². The Morgan fingerprint density at radius 2 is 1.83 bits per heavy atom. The Kier molecular flexibility index (Phi) is 5.25. The van der Waals surface area contributed by atoms with Crippen LogP contribution in [0.4, 0.5) is 0 Å². The molecule has 0 fully saturated rings. The fourth-order valence-electron chi connectivity index (χ4n) is 3.79. The van der Waals surface area contributed by atoms with Gasteiger partial charge in [-0.1, -0.05) is 36.4 Å². The number of hydrogen-bond donors (Lipinski definition) is 0. The lowest BCUT2D eigenvalue weighted by Crippen LogP contribution is -2.43. The molecule has 2 atom stereocenters. The number of benzene rings is 2. The third-order valence-corrected chi connectivity index (χ3v) is 5.31. The van der Waals surface area contributed by atoms with E-state index in [1.54, 1.807) is 23.0 Å². The average Bonchev–Trinajstić information content (AvgIpc) is 2.73. The Hall–Kier alpha value is -3.28. The summed E-state index contributed by atoms with van der Waals surface area (Å²) in [6, 6.07) is 15.1. The van der Waals surface area contributed by atoms with Crippen LogP contribution < -0.4 is 9.47 Å². The molecular weight excluding hydrogens is 368 g/mol. The van der Waals surface area contributed by atoms with E-state index in [9.17, 15) is 9.59 Å². The summed E-state index contributed by atoms with van der Waals surface area (Å²) in [4.78, 5) is 28.4. The third kappa shape index (κ3) is 3.97. The number of ether oxygens (including phenoxy) is 2. The Labute approximate surface area is 170 Å². The molecule has 2 heterocycles. The first kappa shape index (κ1) is 19.1. The van der Waals surface area contributed by atoms with Gasteiger partial charge in [0, 0.05) is 20.2 Å². The molecule has 0 aliphatic carbocycles. The summed E-state index contributed by atoms with van der Waals surface area (Å²) in [5.41, 5.74) is 2.02. The highest BCUT2D eigenvalue weighted by Crippen LogP contribution is 2.34. The maximum absolute atomic E-state index is 13.0. The maximum atomic E-state index is 13.0. The molecule has 0 N–H and O–H groups in total. The molecule has 0 saturated carbocycles. The summed E-state index contributed by atoms with van der Waals surface area (Å²) in [7, 11) is 1.76. The zero-order chi connectivity index (χ0) is 20.4. The molecule has 2 aromatic rings. The van der Waals surface area contributed by atoms with Gasteiger partial charge in [0.1, 0.15) is 6.61 Å². The van der Waals surface area contributed by atoms with E-state index in [0.717, 1.165) is 16.9 Å². The molecule has 6 nitrogen and oxygen atoms in total. The lowest BCUT2D eigenvalue weighted by Gasteiger charge is -2.34. The van der Waals surface area contributed by atoms with E-state index in [1.165, 1.54) is 6.92 Å². The minimum atomic E-state index is -0.312. The van der Waals surface area contributed by atoms with Crippen LogP contribution in [-0.2, 0) is 9.59 Å². The molecule has 0 radical (unpaired) electrons. The SMILES string of the molecule is CC(=O)N1C=Cc2ccccc2C1CC(=O)N(C)CC1COc2ccccc2O1. The van der Waals surface area contributed by atoms with Crippen LogP contribution >= 0.6 is 0 Å². The second kappa shape index (κ2) is 7.99. The summed E-state index contributed by atoms with van der Waals surface area (Å²) in [6.45, 7) is 2.32. The Morgan fingerprint density at radius 3 is 2.62 bits per heavy atom. The Balaban J connectivity index is 1.44. The highest BCUT2D eigenvalue weighted by atomic mass is 16.6. The van der Waals surface area contributed by atoms with E-state index in [-0.39, 0.29) is 30.4 Å². The third-order valence-electron chi connectivity index (χ3n) is 5.31. The van der Waals surface area contributed by atoms with Gasteiger partial charge in [0.25, 0.3) is 0 Å². The van der Waals surface area contributed by atoms with Crippen molar-refractivity contribution in [2.75, 3.05) is 20.2 Å². The zero-order valence-electron chi connectivity index (χ0n) is 16.6. The molecule has 2 unspecified atom stereocenters. The van der Waals surface area contributed by atoms with Crippen LogP contribution in [0.3, 0.4) is 0 Å². The van der Waals surface area contributed by atoms with E-state index < -0.39 is 0 Å². The maximum Gasteiger partial charge on any atom is 0.224 e. The number of carbonyl (C=O) groups is 2. The summed E-state index contributed by atoms with van der Waals surface area (Å²) >= 11 is 0. The van der Waals surface area contributed by atoms with Gasteiger partial charge in [0.2, 0.25) is 11.8 Å². The van der Waals surface area contributed by atoms with E-state index in [2.05, 4.69) is 0 Å². The number of hydrogen-bond acceptors (Lipinski definition) is 4. The molecule has 2 amide bonds. The largest absolute Gasteiger partial charge is 0.486 e. The standard InChI is InChI=1S/C23H24N2O4/c1-16(26)25-12-11-17-7-3-4-8-19(17)20(25)13-23(27)24(2)14-18-15-28-21-9-5-6-10-22(21)29-18/h3-12,18,20H,13-15H2,1-2H3. The Bertz CT molecular complexity index is 955. The minimum absolute atomic E-state index is 0.0474. The van der Waals surface area contributed by atoms with Gasteiger partial charge in [-0.25, -0.2) is 0 Å². The van der Waals surface area contributed by atoms with E-state index in [4.69, 9.17) is 9.47 Å². The number of likely N-dealkylation sites (N-methyl/N-ethyl adjacent to an activating group) is 1. The van der Waals surface area contributed by atoms with Gasteiger partial charge in [-0.3, -0.25) is 9.59 Å². The first-order valence-electron chi connectivity index (χ1n) is 9.71. The van der Waals surface area contributed by atoms with Gasteiger partial charge in [-0.2, -0.15) is 0 Å². The van der Waals surface area contributed by atoms with E-state index in [1.807, 2.05) is 54.6 Å². The van der Waals surface area contributed by atoms with Crippen molar-refractivity contribution in [3.63, 3.8) is 0 Å². The molecular formula is C23H24N2O4. The highest BCUT2D eigenvalue weighted by molar-refractivity contribution is 5.81. The second-order valence-corrected chi connectivity index (χ2v) is 7.36. The van der Waals surface area contributed by atoms with Crippen molar-refractivity contribution in [3.8, 4) is 11.5 Å². The van der Waals surface area contributed by atoms with Crippen molar-refractivity contribution in [1.29, 1.82) is 0 Å². The molecule has 2 aliphatic rings. The van der Waals surface area contributed by atoms with Crippen molar-refractivity contribution in [2.24, 2.45) is 0 Å². The fraction of sp³-hybridized carbons (Fsp3) is 0.304. The van der Waals surface area contributed by atoms with Crippen molar-refractivity contribution in [1.82, 2.24) is 9.80 Å². The van der Waals surface area contributed by atoms with Gasteiger partial charge in [-0.05, 0) is 29.3 Å². The van der Waals surface area contributed by atoms with Crippen LogP contribution in [0, 0.1) is 0 Å². The number of amides is 2. The van der Waals surface area contributed by atoms with E-state index in [0.29, 0.717) is 18.9 Å². The van der Waals surface area contributed by atoms with Gasteiger partial charge < -0.3 is 19.3 Å². The smallest absolute Gasteiger partial charge is 0.224 e. The molecule has 0 bridgehead atoms. The van der Waals surface area contributed by atoms with Crippen molar-refractivity contribution >= 4 is 17.9 Å². The summed E-state index contributed by atoms with van der Waals surface area (Å²) < 4.78 is 11.7. The lowest BCUT2D eigenvalue weighted by atomic mass is 9.93. The first-order valence-corrected chi connectivity index (χ1v) is 9.71. The average molecular weight is 392 g/mol. The molecule has 150 valence electrons. The quantitative estimate of drug-likeness (QED) is 0.802. The summed E-state index contributed by atoms with van der Waals surface area (Å²) in [5.74, 6) is 1.28. The van der Waals surface area contributed by atoms with Crippen LogP contribution in [0.5, 0.6) is 11.5 Å². The summed E-state index contributed by atoms with van der Waals surface area (Å²) in [5, 5.41) is 0. The second-order valence-electron chi connectivity index (χ2n) is 7.36. The fourth-order valence-corrected chi connectivity index (χ4v) is 3.79. The molecule has 0 spiro atoms. The molecule has 0 saturated heterocycles. The van der Waals surface area contributed by atoms with Crippen LogP contribution in [0.25, 0.3) is 6.08 Å². The number of fused-ring (bicyclic) bond motifs is 2. The van der Waals surface area contributed by atoms with Crippen molar-refractivity contribution in [2.45, 2.75) is 25.5 Å². The van der Waals surface area contributed by atoms with Gasteiger partial charge >= 0.3 is 0 Å². The van der Waals surface area contributed by atoms with Gasteiger partial charge in [0.05, 0.1) is 19.0 Å². The molecule has 2 aromatic carbocycles. The molecule has 0 aromatic heterocycles. The van der Waals surface area contributed by atoms with Gasteiger partial charge in [0.15, 0.2) is 17.6 Å². The molecule has 6 heteroatoms. The lowest BCUT2D eigenvalue weighted by molar-refractivity contribution is -0.134. The van der Waals surface area contributed by atoms with Crippen LogP contribution in [0.1, 0.15) is 30.5 Å². The van der Waals surface area contributed by atoms with Crippen LogP contribution in [0.2, 0.25) is 0 Å². The molecule has 2 aliphatic heterocycles. The zero-order valence-corrected chi connectivity index (χ0v) is 16.6. The molecule has 29 heavy (non-hydrogen) atoms. The number of nitrogens with zero attached hydrogens (tertiary/aromatic N) is 2. The topological polar surface area (TPSA) is 59.1 Å². The normalized spacial score (nSPS) is 19.4. The monoisotopic (exact) mass is 392 g/mol. The summed E-state index contributed by atoms with van der Waals surface area (Å²) in [6.07, 6.45) is 3.65. The van der Waals surface area contributed by atoms with Crippen LogP contribution in [-0.4, -0.2) is 47.9 Å². The van der Waals surface area contributed by atoms with Crippen molar-refractivity contribution in [3.05, 3.63) is 65.9 Å². The van der Waals surface area contributed by atoms with E-state index >= 15 is 0 Å². The predicted molar refractivity (Wildman–Crippen MR) is 109 cm³/mol. The predicted octanol–water partition coefficient (Wildman–Crippen LogP) is 3.25. The van der Waals surface area contributed by atoms with Crippen molar-refractivity contribution < 1.29 is 19.1 Å². The van der Waals surface area contributed by atoms with Crippen LogP contribution in [0.15, 0.2) is 54.7 Å².